The maximum Gasteiger partial charge on any atom is 0.328 e. The first-order valence-corrected chi connectivity index (χ1v) is 9.29. The molecule has 0 unspecified atom stereocenters. The number of aliphatic carboxylic acids is 1. The van der Waals surface area contributed by atoms with Crippen LogP contribution < -0.4 is 27.4 Å². The number of nitrogens with two attached hydrogens (primary N) is 2. The predicted octanol–water partition coefficient (Wildman–Crippen LogP) is -2.35. The van der Waals surface area contributed by atoms with Crippen molar-refractivity contribution in [2.45, 2.75) is 64.2 Å². The van der Waals surface area contributed by atoms with E-state index in [2.05, 4.69) is 16.0 Å². The van der Waals surface area contributed by atoms with E-state index in [1.807, 2.05) is 6.92 Å². The maximum absolute atomic E-state index is 12.7. The zero-order valence-electron chi connectivity index (χ0n) is 16.6. The highest BCUT2D eigenvalue weighted by atomic mass is 16.4. The summed E-state index contributed by atoms with van der Waals surface area (Å²) in [4.78, 5) is 48.1. The molecule has 162 valence electrons. The molecule has 0 spiro atoms. The molecule has 0 rings (SSSR count). The fraction of sp³-hybridized carbons (Fsp3) is 0.765. The van der Waals surface area contributed by atoms with E-state index in [1.54, 1.807) is 6.92 Å². The summed E-state index contributed by atoms with van der Waals surface area (Å²) >= 11 is 0. The average Bonchev–Trinajstić information content (AvgIpc) is 2.65. The number of carboxylic acid groups (broad SMARTS) is 1. The van der Waals surface area contributed by atoms with Gasteiger partial charge in [0.15, 0.2) is 0 Å². The SMILES string of the molecule is CC[C@H](C)[C@H](NC(=O)[C@@H](C)N)C(=O)N[C@@H](CCCN)C(=O)N[C@@H](CO)C(=O)O. The fourth-order valence-electron chi connectivity index (χ4n) is 2.30. The quantitative estimate of drug-likeness (QED) is 0.177. The zero-order valence-corrected chi connectivity index (χ0v) is 16.6. The van der Waals surface area contributed by atoms with Gasteiger partial charge in [-0.05, 0) is 32.2 Å². The summed E-state index contributed by atoms with van der Waals surface area (Å²) in [7, 11) is 0. The number of hydrogen-bond acceptors (Lipinski definition) is 7. The van der Waals surface area contributed by atoms with E-state index >= 15 is 0 Å². The zero-order chi connectivity index (χ0) is 21.9. The van der Waals surface area contributed by atoms with E-state index in [1.165, 1.54) is 6.92 Å². The van der Waals surface area contributed by atoms with Crippen molar-refractivity contribution in [1.29, 1.82) is 0 Å². The Balaban J connectivity index is 5.33. The molecule has 0 aliphatic rings. The van der Waals surface area contributed by atoms with Gasteiger partial charge in [-0.15, -0.1) is 0 Å². The first-order chi connectivity index (χ1) is 13.1. The molecule has 0 heterocycles. The first-order valence-electron chi connectivity index (χ1n) is 9.29. The molecule has 5 atom stereocenters. The summed E-state index contributed by atoms with van der Waals surface area (Å²) in [6, 6.07) is -4.28. The normalized spacial score (nSPS) is 16.2. The van der Waals surface area contributed by atoms with Crippen molar-refractivity contribution in [2.24, 2.45) is 17.4 Å². The van der Waals surface area contributed by atoms with Gasteiger partial charge in [0, 0.05) is 0 Å². The highest BCUT2D eigenvalue weighted by Crippen LogP contribution is 2.09. The molecule has 0 aliphatic carbocycles. The minimum atomic E-state index is -1.49. The van der Waals surface area contributed by atoms with Gasteiger partial charge in [0.25, 0.3) is 0 Å². The molecule has 3 amide bonds. The molecule has 0 aromatic rings. The summed E-state index contributed by atoms with van der Waals surface area (Å²) in [5.74, 6) is -3.48. The van der Waals surface area contributed by atoms with E-state index in [4.69, 9.17) is 21.7 Å². The minimum Gasteiger partial charge on any atom is -0.480 e. The van der Waals surface area contributed by atoms with Crippen LogP contribution in [0.5, 0.6) is 0 Å². The number of aliphatic hydroxyl groups excluding tert-OH is 1. The van der Waals surface area contributed by atoms with Gasteiger partial charge in [-0.1, -0.05) is 20.3 Å². The van der Waals surface area contributed by atoms with Crippen molar-refractivity contribution in [2.75, 3.05) is 13.2 Å². The number of carbonyl (C=O) groups is 4. The van der Waals surface area contributed by atoms with Gasteiger partial charge in [-0.25, -0.2) is 4.79 Å². The third kappa shape index (κ3) is 8.63. The van der Waals surface area contributed by atoms with Crippen LogP contribution in [0.2, 0.25) is 0 Å². The smallest absolute Gasteiger partial charge is 0.328 e. The number of rotatable bonds is 13. The topological polar surface area (TPSA) is 197 Å². The Labute approximate surface area is 164 Å². The molecule has 0 aromatic heterocycles. The lowest BCUT2D eigenvalue weighted by molar-refractivity contribution is -0.143. The van der Waals surface area contributed by atoms with Crippen molar-refractivity contribution in [3.63, 3.8) is 0 Å². The molecule has 11 heteroatoms. The molecular formula is C17H33N5O6. The van der Waals surface area contributed by atoms with Crippen LogP contribution in [0.3, 0.4) is 0 Å². The van der Waals surface area contributed by atoms with Gasteiger partial charge >= 0.3 is 5.97 Å². The summed E-state index contributed by atoms with van der Waals surface area (Å²) in [6.07, 6.45) is 1.15. The molecule has 0 aromatic carbocycles. The van der Waals surface area contributed by atoms with E-state index in [0.717, 1.165) is 0 Å². The molecule has 0 saturated heterocycles. The van der Waals surface area contributed by atoms with Crippen LogP contribution in [0.25, 0.3) is 0 Å². The molecule has 11 nitrogen and oxygen atoms in total. The Kier molecular flexibility index (Phi) is 12.0. The number of hydrogen-bond donors (Lipinski definition) is 7. The second-order valence-corrected chi connectivity index (χ2v) is 6.73. The van der Waals surface area contributed by atoms with Gasteiger partial charge in [-0.3, -0.25) is 14.4 Å². The Morgan fingerprint density at radius 1 is 0.964 bits per heavy atom. The maximum atomic E-state index is 12.7. The van der Waals surface area contributed by atoms with Gasteiger partial charge in [-0.2, -0.15) is 0 Å². The molecular weight excluding hydrogens is 370 g/mol. The summed E-state index contributed by atoms with van der Waals surface area (Å²) in [5, 5.41) is 25.3. The largest absolute Gasteiger partial charge is 0.480 e. The monoisotopic (exact) mass is 403 g/mol. The number of carbonyl (C=O) groups excluding carboxylic acids is 3. The number of nitrogens with one attached hydrogen (secondary N) is 3. The minimum absolute atomic E-state index is 0.167. The predicted molar refractivity (Wildman–Crippen MR) is 102 cm³/mol. The van der Waals surface area contributed by atoms with Crippen LogP contribution in [-0.2, 0) is 19.2 Å². The third-order valence-corrected chi connectivity index (χ3v) is 4.33. The summed E-state index contributed by atoms with van der Waals surface area (Å²) in [5.41, 5.74) is 11.0. The van der Waals surface area contributed by atoms with Crippen LogP contribution in [-0.4, -0.2) is 71.2 Å². The fourth-order valence-corrected chi connectivity index (χ4v) is 2.30. The second-order valence-electron chi connectivity index (χ2n) is 6.73. The molecule has 0 bridgehead atoms. The highest BCUT2D eigenvalue weighted by Gasteiger charge is 2.31. The Morgan fingerprint density at radius 2 is 1.54 bits per heavy atom. The van der Waals surface area contributed by atoms with Gasteiger partial charge in [0.05, 0.1) is 12.6 Å². The van der Waals surface area contributed by atoms with Crippen molar-refractivity contribution in [1.82, 2.24) is 16.0 Å². The Bertz CT molecular complexity index is 542. The van der Waals surface area contributed by atoms with Gasteiger partial charge < -0.3 is 37.6 Å². The summed E-state index contributed by atoms with van der Waals surface area (Å²) < 4.78 is 0. The van der Waals surface area contributed by atoms with Crippen molar-refractivity contribution in [3.8, 4) is 0 Å². The molecule has 0 saturated carbocycles. The standard InChI is InChI=1S/C17H33N5O6/c1-4-9(2)13(22-14(24)10(3)19)16(26)20-11(6-5-7-18)15(25)21-12(8-23)17(27)28/h9-13,23H,4-8,18-19H2,1-3H3,(H,20,26)(H,21,25)(H,22,24)(H,27,28)/t9-,10+,11-,12-,13-/m0/s1. The lowest BCUT2D eigenvalue weighted by atomic mass is 9.97. The lowest BCUT2D eigenvalue weighted by Crippen LogP contribution is -2.58. The van der Waals surface area contributed by atoms with Crippen LogP contribution in [0.15, 0.2) is 0 Å². The van der Waals surface area contributed by atoms with E-state index in [0.29, 0.717) is 12.8 Å². The lowest BCUT2D eigenvalue weighted by Gasteiger charge is -2.27. The number of aliphatic hydroxyl groups is 1. The highest BCUT2D eigenvalue weighted by molar-refractivity contribution is 5.94. The second kappa shape index (κ2) is 13.0. The van der Waals surface area contributed by atoms with E-state index < -0.39 is 54.5 Å². The molecule has 9 N–H and O–H groups in total. The van der Waals surface area contributed by atoms with Gasteiger partial charge in [0.2, 0.25) is 17.7 Å². The summed E-state index contributed by atoms with van der Waals surface area (Å²) in [6.45, 7) is 4.57. The molecule has 0 fully saturated rings. The Morgan fingerprint density at radius 3 is 1.96 bits per heavy atom. The van der Waals surface area contributed by atoms with Crippen LogP contribution in [0.4, 0.5) is 0 Å². The molecule has 28 heavy (non-hydrogen) atoms. The van der Waals surface area contributed by atoms with Crippen molar-refractivity contribution in [3.05, 3.63) is 0 Å². The average molecular weight is 403 g/mol. The Hall–Kier alpha value is -2.24. The van der Waals surface area contributed by atoms with Crippen molar-refractivity contribution < 1.29 is 29.4 Å². The van der Waals surface area contributed by atoms with E-state index in [9.17, 15) is 19.2 Å². The van der Waals surface area contributed by atoms with Crippen molar-refractivity contribution >= 4 is 23.7 Å². The third-order valence-electron chi connectivity index (χ3n) is 4.33. The van der Waals surface area contributed by atoms with Gasteiger partial charge in [0.1, 0.15) is 18.1 Å². The number of amides is 3. The van der Waals surface area contributed by atoms with E-state index in [-0.39, 0.29) is 18.9 Å². The number of carboxylic acids is 1. The molecule has 0 radical (unpaired) electrons. The molecule has 0 aliphatic heterocycles. The van der Waals surface area contributed by atoms with Crippen LogP contribution in [0.1, 0.15) is 40.0 Å². The van der Waals surface area contributed by atoms with Crippen LogP contribution >= 0.6 is 0 Å². The first kappa shape index (κ1) is 25.8. The van der Waals surface area contributed by atoms with Crippen LogP contribution in [0, 0.1) is 5.92 Å².